The van der Waals surface area contributed by atoms with Crippen molar-refractivity contribution >= 4 is 45.1 Å². The second-order valence-corrected chi connectivity index (χ2v) is 8.93. The standard InChI is InChI=1S/C22H26N6O3S/c1-4-13-10-15-14-9-12(5-6-16(14)25-18(15)21(31)24-13)19(29)27-22-26-17(11-32-22)20(30)23-7-8-28(2)3/h5-6,9,11,13,25H,4,7-8,10H2,1-3H3,(H,23,30)(H,24,31)(H,26,27,29). The Labute approximate surface area is 189 Å². The first-order chi connectivity index (χ1) is 15.4. The monoisotopic (exact) mass is 454 g/mol. The van der Waals surface area contributed by atoms with Gasteiger partial charge in [0.05, 0.1) is 0 Å². The van der Waals surface area contributed by atoms with Gasteiger partial charge in [-0.2, -0.15) is 0 Å². The van der Waals surface area contributed by atoms with Crippen molar-refractivity contribution in [3.05, 3.63) is 46.1 Å². The van der Waals surface area contributed by atoms with Gasteiger partial charge in [-0.3, -0.25) is 19.7 Å². The van der Waals surface area contributed by atoms with Crippen LogP contribution in [0.15, 0.2) is 23.6 Å². The largest absolute Gasteiger partial charge is 0.350 e. The van der Waals surface area contributed by atoms with Gasteiger partial charge in [0.1, 0.15) is 11.4 Å². The molecule has 3 heterocycles. The molecule has 0 saturated heterocycles. The van der Waals surface area contributed by atoms with E-state index < -0.39 is 0 Å². The molecular formula is C22H26N6O3S. The summed E-state index contributed by atoms with van der Waals surface area (Å²) < 4.78 is 0. The molecule has 32 heavy (non-hydrogen) atoms. The van der Waals surface area contributed by atoms with Crippen LogP contribution in [-0.4, -0.2) is 65.8 Å². The molecule has 168 valence electrons. The molecule has 0 aliphatic carbocycles. The maximum Gasteiger partial charge on any atom is 0.270 e. The summed E-state index contributed by atoms with van der Waals surface area (Å²) in [7, 11) is 3.86. The molecule has 0 bridgehead atoms. The summed E-state index contributed by atoms with van der Waals surface area (Å²) in [5.74, 6) is -0.699. The Hall–Kier alpha value is -3.24. The lowest BCUT2D eigenvalue weighted by atomic mass is 9.96. The number of hydrogen-bond acceptors (Lipinski definition) is 6. The maximum absolute atomic E-state index is 12.8. The molecule has 2 aromatic heterocycles. The van der Waals surface area contributed by atoms with E-state index >= 15 is 0 Å². The number of aromatic nitrogens is 2. The average molecular weight is 455 g/mol. The van der Waals surface area contributed by atoms with Gasteiger partial charge in [-0.1, -0.05) is 6.92 Å². The average Bonchev–Trinajstić information content (AvgIpc) is 3.38. The molecule has 0 spiro atoms. The van der Waals surface area contributed by atoms with Crippen molar-refractivity contribution in [2.45, 2.75) is 25.8 Å². The summed E-state index contributed by atoms with van der Waals surface area (Å²) in [6, 6.07) is 5.40. The third kappa shape index (κ3) is 4.51. The molecule has 1 aliphatic rings. The fourth-order valence-electron chi connectivity index (χ4n) is 3.68. The number of nitrogens with zero attached hydrogens (tertiary/aromatic N) is 2. The lowest BCUT2D eigenvalue weighted by molar-refractivity contribution is 0.0917. The molecule has 0 radical (unpaired) electrons. The van der Waals surface area contributed by atoms with E-state index in [-0.39, 0.29) is 29.5 Å². The molecule has 10 heteroatoms. The fraction of sp³-hybridized carbons (Fsp3) is 0.364. The van der Waals surface area contributed by atoms with Gasteiger partial charge in [0.2, 0.25) is 0 Å². The van der Waals surface area contributed by atoms with Crippen molar-refractivity contribution < 1.29 is 14.4 Å². The molecule has 4 rings (SSSR count). The van der Waals surface area contributed by atoms with Crippen molar-refractivity contribution in [3.8, 4) is 0 Å². The molecule has 9 nitrogen and oxygen atoms in total. The van der Waals surface area contributed by atoms with E-state index in [9.17, 15) is 14.4 Å². The van der Waals surface area contributed by atoms with E-state index in [1.807, 2.05) is 32.0 Å². The highest BCUT2D eigenvalue weighted by atomic mass is 32.1. The SMILES string of the molecule is CCC1Cc2c([nH]c3ccc(C(=O)Nc4nc(C(=O)NCCN(C)C)cs4)cc23)C(=O)N1. The van der Waals surface area contributed by atoms with E-state index in [1.54, 1.807) is 17.5 Å². The van der Waals surface area contributed by atoms with Gasteiger partial charge in [-0.15, -0.1) is 11.3 Å². The Morgan fingerprint density at radius 1 is 1.28 bits per heavy atom. The summed E-state index contributed by atoms with van der Waals surface area (Å²) in [5, 5.41) is 11.4. The molecule has 1 aromatic carbocycles. The highest BCUT2D eigenvalue weighted by molar-refractivity contribution is 7.14. The van der Waals surface area contributed by atoms with Gasteiger partial charge < -0.3 is 20.5 Å². The first kappa shape index (κ1) is 22.0. The zero-order valence-electron chi connectivity index (χ0n) is 18.2. The number of carbonyl (C=O) groups is 3. The molecule has 3 aromatic rings. The number of rotatable bonds is 7. The van der Waals surface area contributed by atoms with Crippen LogP contribution < -0.4 is 16.0 Å². The minimum absolute atomic E-state index is 0.0871. The Bertz CT molecular complexity index is 1180. The van der Waals surface area contributed by atoms with Crippen LogP contribution in [0, 0.1) is 0 Å². The van der Waals surface area contributed by atoms with Gasteiger partial charge in [0.15, 0.2) is 5.13 Å². The number of anilines is 1. The molecule has 3 amide bonds. The number of carbonyl (C=O) groups excluding carboxylic acids is 3. The summed E-state index contributed by atoms with van der Waals surface area (Å²) in [6.45, 7) is 3.28. The van der Waals surface area contributed by atoms with Crippen LogP contribution in [0.1, 0.15) is 50.2 Å². The zero-order chi connectivity index (χ0) is 22.8. The number of benzene rings is 1. The number of nitrogens with one attached hydrogen (secondary N) is 4. The zero-order valence-corrected chi connectivity index (χ0v) is 19.1. The molecule has 4 N–H and O–H groups in total. The molecule has 1 aliphatic heterocycles. The lowest BCUT2D eigenvalue weighted by Crippen LogP contribution is -2.40. The third-order valence-corrected chi connectivity index (χ3v) is 6.23. The van der Waals surface area contributed by atoms with E-state index in [1.165, 1.54) is 11.3 Å². The minimum Gasteiger partial charge on any atom is -0.350 e. The van der Waals surface area contributed by atoms with Crippen LogP contribution in [0.4, 0.5) is 5.13 Å². The number of likely N-dealkylation sites (N-methyl/N-ethyl adjacent to an activating group) is 1. The van der Waals surface area contributed by atoms with Crippen LogP contribution in [0.2, 0.25) is 0 Å². The number of aromatic amines is 1. The van der Waals surface area contributed by atoms with Crippen LogP contribution in [0.3, 0.4) is 0 Å². The van der Waals surface area contributed by atoms with Gasteiger partial charge >= 0.3 is 0 Å². The molecule has 1 atom stereocenters. The highest BCUT2D eigenvalue weighted by Crippen LogP contribution is 2.28. The van der Waals surface area contributed by atoms with Crippen LogP contribution >= 0.6 is 11.3 Å². The molecular weight excluding hydrogens is 428 g/mol. The summed E-state index contributed by atoms with van der Waals surface area (Å²) in [5.41, 5.74) is 3.06. The fourth-order valence-corrected chi connectivity index (χ4v) is 4.37. The first-order valence-electron chi connectivity index (χ1n) is 10.5. The van der Waals surface area contributed by atoms with Crippen LogP contribution in [0.5, 0.6) is 0 Å². The Kier molecular flexibility index (Phi) is 6.24. The number of H-pyrrole nitrogens is 1. The number of amides is 3. The van der Waals surface area contributed by atoms with Gasteiger partial charge in [0, 0.05) is 41.0 Å². The van der Waals surface area contributed by atoms with Crippen molar-refractivity contribution in [1.82, 2.24) is 25.5 Å². The van der Waals surface area contributed by atoms with Gasteiger partial charge in [-0.25, -0.2) is 4.98 Å². The minimum atomic E-state index is -0.317. The first-order valence-corrected chi connectivity index (χ1v) is 11.4. The van der Waals surface area contributed by atoms with Gasteiger partial charge in [-0.05, 0) is 50.7 Å². The maximum atomic E-state index is 12.8. The number of thiazole rings is 1. The normalized spacial score (nSPS) is 15.5. The topological polar surface area (TPSA) is 119 Å². The van der Waals surface area contributed by atoms with Crippen LogP contribution in [-0.2, 0) is 6.42 Å². The Morgan fingerprint density at radius 2 is 2.09 bits per heavy atom. The Morgan fingerprint density at radius 3 is 2.84 bits per heavy atom. The molecule has 1 unspecified atom stereocenters. The van der Waals surface area contributed by atoms with Crippen LogP contribution in [0.25, 0.3) is 10.9 Å². The van der Waals surface area contributed by atoms with Crippen molar-refractivity contribution in [2.75, 3.05) is 32.5 Å². The predicted octanol–water partition coefficient (Wildman–Crippen LogP) is 2.23. The highest BCUT2D eigenvalue weighted by Gasteiger charge is 2.27. The predicted molar refractivity (Wildman–Crippen MR) is 125 cm³/mol. The summed E-state index contributed by atoms with van der Waals surface area (Å²) in [6.07, 6.45) is 1.56. The van der Waals surface area contributed by atoms with Crippen molar-refractivity contribution in [2.24, 2.45) is 0 Å². The molecule has 0 fully saturated rings. The van der Waals surface area contributed by atoms with Gasteiger partial charge in [0.25, 0.3) is 17.7 Å². The number of fused-ring (bicyclic) bond motifs is 3. The van der Waals surface area contributed by atoms with E-state index in [0.29, 0.717) is 22.9 Å². The summed E-state index contributed by atoms with van der Waals surface area (Å²) >= 11 is 1.20. The van der Waals surface area contributed by atoms with E-state index in [4.69, 9.17) is 0 Å². The number of hydrogen-bond donors (Lipinski definition) is 4. The van der Waals surface area contributed by atoms with E-state index in [2.05, 4.69) is 25.9 Å². The van der Waals surface area contributed by atoms with E-state index in [0.717, 1.165) is 35.9 Å². The molecule has 0 saturated carbocycles. The van der Waals surface area contributed by atoms with Crippen molar-refractivity contribution in [3.63, 3.8) is 0 Å². The summed E-state index contributed by atoms with van der Waals surface area (Å²) in [4.78, 5) is 46.8. The quantitative estimate of drug-likeness (QED) is 0.437. The lowest BCUT2D eigenvalue weighted by Gasteiger charge is -2.22. The smallest absolute Gasteiger partial charge is 0.270 e. The Balaban J connectivity index is 1.48. The third-order valence-electron chi connectivity index (χ3n) is 5.48. The van der Waals surface area contributed by atoms with Crippen molar-refractivity contribution in [1.29, 1.82) is 0 Å². The second kappa shape index (κ2) is 9.09. The second-order valence-electron chi connectivity index (χ2n) is 8.07.